The summed E-state index contributed by atoms with van der Waals surface area (Å²) >= 11 is 0. The largest absolute Gasteiger partial charge is 0.200 e. The molecule has 106 valence electrons. The first-order valence-electron chi connectivity index (χ1n) is 8.00. The van der Waals surface area contributed by atoms with E-state index in [9.17, 15) is 0 Å². The molecule has 1 fully saturated rings. The van der Waals surface area contributed by atoms with Gasteiger partial charge in [-0.25, -0.2) is 0 Å². The molecule has 0 atom stereocenters. The van der Waals surface area contributed by atoms with Crippen LogP contribution in [0.25, 0.3) is 10.8 Å². The highest BCUT2D eigenvalue weighted by molar-refractivity contribution is 5.84. The molecule has 1 aliphatic carbocycles. The van der Waals surface area contributed by atoms with Crippen molar-refractivity contribution in [1.82, 2.24) is 0 Å². The highest BCUT2D eigenvalue weighted by Crippen LogP contribution is 2.35. The topological polar surface area (TPSA) is 3.88 Å². The Balaban J connectivity index is 2.16. The van der Waals surface area contributed by atoms with Crippen molar-refractivity contribution in [2.45, 2.75) is 64.3 Å². The monoisotopic (exact) mass is 268 g/mol. The van der Waals surface area contributed by atoms with Crippen LogP contribution in [0.15, 0.2) is 36.7 Å². The summed E-state index contributed by atoms with van der Waals surface area (Å²) in [7, 11) is 0. The molecule has 1 aromatic carbocycles. The van der Waals surface area contributed by atoms with Gasteiger partial charge in [0.05, 0.1) is 0 Å². The maximum atomic E-state index is 2.42. The first kappa shape index (κ1) is 13.6. The number of rotatable bonds is 1. The fourth-order valence-corrected chi connectivity index (χ4v) is 3.41. The van der Waals surface area contributed by atoms with E-state index in [1.165, 1.54) is 42.9 Å². The maximum absolute atomic E-state index is 2.42. The minimum atomic E-state index is 0.146. The van der Waals surface area contributed by atoms with Gasteiger partial charge in [0.15, 0.2) is 17.9 Å². The molecule has 0 aliphatic heterocycles. The molecule has 0 unspecified atom stereocenters. The van der Waals surface area contributed by atoms with Crippen LogP contribution in [0, 0.1) is 0 Å². The van der Waals surface area contributed by atoms with Crippen LogP contribution in [-0.4, -0.2) is 0 Å². The Morgan fingerprint density at radius 1 is 0.950 bits per heavy atom. The van der Waals surface area contributed by atoms with Gasteiger partial charge in [-0.15, -0.1) is 0 Å². The molecule has 1 nitrogen and oxygen atoms in total. The summed E-state index contributed by atoms with van der Waals surface area (Å²) in [6.45, 7) is 6.85. The fraction of sp³-hybridized carbons (Fsp3) is 0.526. The van der Waals surface area contributed by atoms with Gasteiger partial charge in [-0.05, 0) is 30.2 Å². The van der Waals surface area contributed by atoms with Gasteiger partial charge < -0.3 is 0 Å². The standard InChI is InChI=1S/C19H26N/c1-19(2,3)20-13-16-11-7-8-12-17(16)18(14-20)15-9-5-4-6-10-15/h7-8,11-15H,4-6,9-10H2,1-3H3/q+1. The van der Waals surface area contributed by atoms with Crippen molar-refractivity contribution in [1.29, 1.82) is 0 Å². The predicted octanol–water partition coefficient (Wildman–Crippen LogP) is 4.93. The molecule has 0 spiro atoms. The molecular formula is C19H26N+. The van der Waals surface area contributed by atoms with E-state index in [1.54, 1.807) is 5.56 Å². The minimum absolute atomic E-state index is 0.146. The van der Waals surface area contributed by atoms with Gasteiger partial charge in [-0.1, -0.05) is 37.5 Å². The molecule has 0 radical (unpaired) electrons. The van der Waals surface area contributed by atoms with Gasteiger partial charge in [0.2, 0.25) is 0 Å². The van der Waals surface area contributed by atoms with Crippen LogP contribution in [-0.2, 0) is 5.54 Å². The molecule has 1 heteroatoms. The van der Waals surface area contributed by atoms with Crippen LogP contribution in [0.2, 0.25) is 0 Å². The Kier molecular flexibility index (Phi) is 3.54. The van der Waals surface area contributed by atoms with Gasteiger partial charge in [-0.3, -0.25) is 0 Å². The van der Waals surface area contributed by atoms with Crippen LogP contribution in [0.4, 0.5) is 0 Å². The molecule has 1 aromatic heterocycles. The summed E-state index contributed by atoms with van der Waals surface area (Å²) in [5.74, 6) is 0.753. The normalized spacial score (nSPS) is 17.6. The highest BCUT2D eigenvalue weighted by Gasteiger charge is 2.26. The smallest absolute Gasteiger partial charge is 0.177 e. The Morgan fingerprint density at radius 2 is 1.65 bits per heavy atom. The van der Waals surface area contributed by atoms with Crippen molar-refractivity contribution in [3.05, 3.63) is 42.2 Å². The van der Waals surface area contributed by atoms with Crippen molar-refractivity contribution in [3.63, 3.8) is 0 Å². The number of hydrogen-bond acceptors (Lipinski definition) is 0. The maximum Gasteiger partial charge on any atom is 0.177 e. The van der Waals surface area contributed by atoms with E-state index in [1.807, 2.05) is 0 Å². The number of benzene rings is 1. The summed E-state index contributed by atoms with van der Waals surface area (Å²) < 4.78 is 2.40. The summed E-state index contributed by atoms with van der Waals surface area (Å²) in [5, 5.41) is 2.84. The molecule has 0 saturated heterocycles. The fourth-order valence-electron chi connectivity index (χ4n) is 3.41. The van der Waals surface area contributed by atoms with E-state index in [0.717, 1.165) is 5.92 Å². The molecular weight excluding hydrogens is 242 g/mol. The lowest BCUT2D eigenvalue weighted by atomic mass is 9.83. The molecule has 0 bridgehead atoms. The second-order valence-electron chi connectivity index (χ2n) is 7.21. The lowest BCUT2D eigenvalue weighted by Gasteiger charge is -2.23. The van der Waals surface area contributed by atoms with Crippen molar-refractivity contribution >= 4 is 10.8 Å². The zero-order valence-corrected chi connectivity index (χ0v) is 13.0. The second kappa shape index (κ2) is 5.20. The van der Waals surface area contributed by atoms with E-state index >= 15 is 0 Å². The summed E-state index contributed by atoms with van der Waals surface area (Å²) in [5.41, 5.74) is 1.71. The van der Waals surface area contributed by atoms with Crippen LogP contribution < -0.4 is 4.57 Å². The lowest BCUT2D eigenvalue weighted by molar-refractivity contribution is -0.753. The Bertz CT molecular complexity index is 601. The van der Waals surface area contributed by atoms with Gasteiger partial charge in [0.1, 0.15) is 0 Å². The third-order valence-corrected chi connectivity index (χ3v) is 4.65. The van der Waals surface area contributed by atoms with Crippen LogP contribution >= 0.6 is 0 Å². The first-order chi connectivity index (χ1) is 9.55. The molecule has 3 rings (SSSR count). The molecule has 1 heterocycles. The van der Waals surface area contributed by atoms with Gasteiger partial charge >= 0.3 is 0 Å². The average molecular weight is 268 g/mol. The van der Waals surface area contributed by atoms with E-state index < -0.39 is 0 Å². The molecule has 1 aliphatic rings. The quantitative estimate of drug-likeness (QED) is 0.646. The number of aromatic nitrogens is 1. The van der Waals surface area contributed by atoms with Crippen molar-refractivity contribution in [2.24, 2.45) is 0 Å². The molecule has 0 amide bonds. The summed E-state index contributed by atoms with van der Waals surface area (Å²) in [6.07, 6.45) is 11.6. The number of fused-ring (bicyclic) bond motifs is 1. The summed E-state index contributed by atoms with van der Waals surface area (Å²) in [6, 6.07) is 8.88. The SMILES string of the molecule is CC(C)(C)[n+]1cc(C2CCCCC2)c2ccccc2c1. The minimum Gasteiger partial charge on any atom is -0.200 e. The van der Waals surface area contributed by atoms with E-state index in [-0.39, 0.29) is 5.54 Å². The molecule has 2 aromatic rings. The average Bonchev–Trinajstić information content (AvgIpc) is 2.46. The van der Waals surface area contributed by atoms with Crippen LogP contribution in [0.5, 0.6) is 0 Å². The highest BCUT2D eigenvalue weighted by atomic mass is 15.0. The van der Waals surface area contributed by atoms with E-state index in [0.29, 0.717) is 0 Å². The van der Waals surface area contributed by atoms with E-state index in [4.69, 9.17) is 0 Å². The third kappa shape index (κ3) is 2.59. The van der Waals surface area contributed by atoms with Crippen molar-refractivity contribution in [3.8, 4) is 0 Å². The molecule has 20 heavy (non-hydrogen) atoms. The van der Waals surface area contributed by atoms with Crippen LogP contribution in [0.3, 0.4) is 0 Å². The molecule has 1 saturated carbocycles. The van der Waals surface area contributed by atoms with Crippen LogP contribution in [0.1, 0.15) is 64.4 Å². The third-order valence-electron chi connectivity index (χ3n) is 4.65. The van der Waals surface area contributed by atoms with Crippen molar-refractivity contribution in [2.75, 3.05) is 0 Å². The molecule has 0 N–H and O–H groups in total. The predicted molar refractivity (Wildman–Crippen MR) is 85.0 cm³/mol. The first-order valence-corrected chi connectivity index (χ1v) is 8.00. The second-order valence-corrected chi connectivity index (χ2v) is 7.21. The number of nitrogens with zero attached hydrogens (tertiary/aromatic N) is 1. The Labute approximate surface area is 122 Å². The zero-order valence-electron chi connectivity index (χ0n) is 13.0. The number of pyridine rings is 1. The zero-order chi connectivity index (χ0) is 14.2. The number of hydrogen-bond donors (Lipinski definition) is 0. The Hall–Kier alpha value is -1.37. The van der Waals surface area contributed by atoms with E-state index in [2.05, 4.69) is 62.0 Å². The van der Waals surface area contributed by atoms with Gasteiger partial charge in [0, 0.05) is 31.7 Å². The lowest BCUT2D eigenvalue weighted by Crippen LogP contribution is -2.50. The Morgan fingerprint density at radius 3 is 2.35 bits per heavy atom. The van der Waals surface area contributed by atoms with Gasteiger partial charge in [0.25, 0.3) is 0 Å². The summed E-state index contributed by atoms with van der Waals surface area (Å²) in [4.78, 5) is 0. The van der Waals surface area contributed by atoms with Crippen molar-refractivity contribution < 1.29 is 4.57 Å². The van der Waals surface area contributed by atoms with Gasteiger partial charge in [-0.2, -0.15) is 4.57 Å².